The number of ether oxygens (including phenoxy) is 1. The van der Waals surface area contributed by atoms with Crippen LogP contribution >= 0.6 is 11.6 Å². The summed E-state index contributed by atoms with van der Waals surface area (Å²) in [5.41, 5.74) is 1.04. The first-order chi connectivity index (χ1) is 12.1. The minimum absolute atomic E-state index is 0.104. The third-order valence-corrected chi connectivity index (χ3v) is 3.98. The molecule has 1 aromatic heterocycles. The van der Waals surface area contributed by atoms with E-state index in [1.54, 1.807) is 36.4 Å². The van der Waals surface area contributed by atoms with Crippen molar-refractivity contribution in [2.45, 2.75) is 19.6 Å². The normalized spacial score (nSPS) is 11.8. The molecule has 1 heterocycles. The van der Waals surface area contributed by atoms with Gasteiger partial charge in [-0.3, -0.25) is 4.79 Å². The van der Waals surface area contributed by atoms with Crippen LogP contribution in [0.15, 0.2) is 71.1 Å². The summed E-state index contributed by atoms with van der Waals surface area (Å²) in [6.07, 6.45) is 0. The smallest absolute Gasteiger partial charge is 0.287 e. The van der Waals surface area contributed by atoms with Crippen molar-refractivity contribution >= 4 is 17.5 Å². The van der Waals surface area contributed by atoms with Crippen molar-refractivity contribution in [3.05, 3.63) is 88.8 Å². The fraction of sp³-hybridized carbons (Fsp3) is 0.150. The van der Waals surface area contributed by atoms with Gasteiger partial charge in [-0.15, -0.1) is 0 Å². The summed E-state index contributed by atoms with van der Waals surface area (Å²) in [5, 5.41) is 3.57. The molecule has 1 amide bonds. The second-order valence-corrected chi connectivity index (χ2v) is 6.05. The summed E-state index contributed by atoms with van der Waals surface area (Å²) in [6, 6.07) is 20.1. The Bertz CT molecular complexity index is 828. The van der Waals surface area contributed by atoms with E-state index in [0.29, 0.717) is 16.5 Å². The molecule has 3 aromatic rings. The molecule has 0 aliphatic heterocycles. The third kappa shape index (κ3) is 4.64. The molecule has 0 spiro atoms. The first kappa shape index (κ1) is 17.1. The molecule has 1 N–H and O–H groups in total. The van der Waals surface area contributed by atoms with Gasteiger partial charge >= 0.3 is 0 Å². The van der Waals surface area contributed by atoms with E-state index in [0.717, 1.165) is 5.56 Å². The molecule has 0 radical (unpaired) electrons. The average molecular weight is 356 g/mol. The van der Waals surface area contributed by atoms with Gasteiger partial charge < -0.3 is 14.5 Å². The van der Waals surface area contributed by atoms with Crippen molar-refractivity contribution in [3.63, 3.8) is 0 Å². The largest absolute Gasteiger partial charge is 0.486 e. The fourth-order valence-corrected chi connectivity index (χ4v) is 2.48. The molecular weight excluding hydrogens is 338 g/mol. The van der Waals surface area contributed by atoms with Crippen LogP contribution in [0.25, 0.3) is 0 Å². The van der Waals surface area contributed by atoms with Crippen molar-refractivity contribution in [1.82, 2.24) is 5.32 Å². The van der Waals surface area contributed by atoms with Crippen LogP contribution in [-0.2, 0) is 6.61 Å². The lowest BCUT2D eigenvalue weighted by Gasteiger charge is -2.13. The van der Waals surface area contributed by atoms with Crippen LogP contribution < -0.4 is 10.1 Å². The molecule has 3 rings (SSSR count). The quantitative estimate of drug-likeness (QED) is 0.676. The number of hydrogen-bond acceptors (Lipinski definition) is 3. The number of furan rings is 1. The van der Waals surface area contributed by atoms with Gasteiger partial charge in [-0.1, -0.05) is 41.9 Å². The molecule has 0 fully saturated rings. The van der Waals surface area contributed by atoms with E-state index in [1.165, 1.54) is 0 Å². The predicted octanol–water partition coefficient (Wildman–Crippen LogP) is 5.00. The zero-order valence-corrected chi connectivity index (χ0v) is 14.5. The van der Waals surface area contributed by atoms with Crippen molar-refractivity contribution in [2.75, 3.05) is 0 Å². The van der Waals surface area contributed by atoms with E-state index in [1.807, 2.05) is 37.3 Å². The lowest BCUT2D eigenvalue weighted by atomic mass is 10.1. The predicted molar refractivity (Wildman–Crippen MR) is 96.8 cm³/mol. The molecule has 0 saturated heterocycles. The highest BCUT2D eigenvalue weighted by Gasteiger charge is 2.15. The SMILES string of the molecule is CC(NC(=O)c1ccc(COc2ccc(Cl)cc2)o1)c1ccccc1. The minimum atomic E-state index is -0.255. The molecule has 1 atom stereocenters. The summed E-state index contributed by atoms with van der Waals surface area (Å²) < 4.78 is 11.2. The number of benzene rings is 2. The van der Waals surface area contributed by atoms with Gasteiger partial charge in [0.15, 0.2) is 5.76 Å². The molecule has 0 saturated carbocycles. The van der Waals surface area contributed by atoms with Gasteiger partial charge in [0.1, 0.15) is 18.1 Å². The maximum absolute atomic E-state index is 12.3. The van der Waals surface area contributed by atoms with Crippen LogP contribution in [0.1, 0.15) is 34.8 Å². The first-order valence-electron chi connectivity index (χ1n) is 7.95. The Balaban J connectivity index is 1.57. The zero-order chi connectivity index (χ0) is 17.6. The van der Waals surface area contributed by atoms with E-state index < -0.39 is 0 Å². The van der Waals surface area contributed by atoms with E-state index in [4.69, 9.17) is 20.8 Å². The highest BCUT2D eigenvalue weighted by atomic mass is 35.5. The summed E-state index contributed by atoms with van der Waals surface area (Å²) in [7, 11) is 0. The number of halogens is 1. The second-order valence-electron chi connectivity index (χ2n) is 5.61. The molecule has 4 nitrogen and oxygen atoms in total. The maximum Gasteiger partial charge on any atom is 0.287 e. The van der Waals surface area contributed by atoms with E-state index >= 15 is 0 Å². The van der Waals surface area contributed by atoms with Crippen LogP contribution in [0.2, 0.25) is 5.02 Å². The van der Waals surface area contributed by atoms with Crippen molar-refractivity contribution in [3.8, 4) is 5.75 Å². The highest BCUT2D eigenvalue weighted by molar-refractivity contribution is 6.30. The number of carbonyl (C=O) groups is 1. The van der Waals surface area contributed by atoms with Gasteiger partial charge in [0.05, 0.1) is 6.04 Å². The molecule has 5 heteroatoms. The zero-order valence-electron chi connectivity index (χ0n) is 13.7. The fourth-order valence-electron chi connectivity index (χ4n) is 2.36. The van der Waals surface area contributed by atoms with E-state index in [9.17, 15) is 4.79 Å². The van der Waals surface area contributed by atoms with Gasteiger partial charge in [-0.25, -0.2) is 0 Å². The van der Waals surface area contributed by atoms with Crippen molar-refractivity contribution < 1.29 is 13.9 Å². The minimum Gasteiger partial charge on any atom is -0.486 e. The number of nitrogens with one attached hydrogen (secondary N) is 1. The molecule has 1 unspecified atom stereocenters. The molecule has 128 valence electrons. The summed E-state index contributed by atoms with van der Waals surface area (Å²) in [6.45, 7) is 2.17. The lowest BCUT2D eigenvalue weighted by molar-refractivity contribution is 0.0907. The van der Waals surface area contributed by atoms with E-state index in [2.05, 4.69) is 5.32 Å². The van der Waals surface area contributed by atoms with Gasteiger partial charge in [-0.05, 0) is 48.9 Å². The molecule has 0 aliphatic rings. The molecule has 25 heavy (non-hydrogen) atoms. The monoisotopic (exact) mass is 355 g/mol. The number of hydrogen-bond donors (Lipinski definition) is 1. The second kappa shape index (κ2) is 7.90. The lowest BCUT2D eigenvalue weighted by Crippen LogP contribution is -2.26. The Morgan fingerprint density at radius 3 is 2.52 bits per heavy atom. The Labute approximate surface area is 151 Å². The van der Waals surface area contributed by atoms with E-state index in [-0.39, 0.29) is 24.3 Å². The van der Waals surface area contributed by atoms with Gasteiger partial charge in [0, 0.05) is 5.02 Å². The van der Waals surface area contributed by atoms with Crippen LogP contribution in [0.4, 0.5) is 0 Å². The molecular formula is C20H18ClNO3. The van der Waals surface area contributed by atoms with Crippen LogP contribution in [0, 0.1) is 0 Å². The summed E-state index contributed by atoms with van der Waals surface area (Å²) in [5.74, 6) is 1.27. The Morgan fingerprint density at radius 2 is 1.80 bits per heavy atom. The Kier molecular flexibility index (Phi) is 5.41. The topological polar surface area (TPSA) is 51.5 Å². The average Bonchev–Trinajstić information content (AvgIpc) is 3.11. The van der Waals surface area contributed by atoms with Crippen molar-refractivity contribution in [1.29, 1.82) is 0 Å². The molecule has 0 aliphatic carbocycles. The number of rotatable bonds is 6. The highest BCUT2D eigenvalue weighted by Crippen LogP contribution is 2.18. The summed E-state index contributed by atoms with van der Waals surface area (Å²) in [4.78, 5) is 12.3. The van der Waals surface area contributed by atoms with Crippen LogP contribution in [-0.4, -0.2) is 5.91 Å². The third-order valence-electron chi connectivity index (χ3n) is 3.73. The van der Waals surface area contributed by atoms with Gasteiger partial charge in [0.25, 0.3) is 5.91 Å². The van der Waals surface area contributed by atoms with Crippen LogP contribution in [0.3, 0.4) is 0 Å². The number of amides is 1. The van der Waals surface area contributed by atoms with Gasteiger partial charge in [0.2, 0.25) is 0 Å². The maximum atomic E-state index is 12.3. The van der Waals surface area contributed by atoms with Crippen molar-refractivity contribution in [2.24, 2.45) is 0 Å². The Morgan fingerprint density at radius 1 is 1.08 bits per heavy atom. The van der Waals surface area contributed by atoms with Gasteiger partial charge in [-0.2, -0.15) is 0 Å². The molecule has 0 bridgehead atoms. The first-order valence-corrected chi connectivity index (χ1v) is 8.32. The molecule has 2 aromatic carbocycles. The van der Waals surface area contributed by atoms with Crippen LogP contribution in [0.5, 0.6) is 5.75 Å². The summed E-state index contributed by atoms with van der Waals surface area (Å²) >= 11 is 5.83. The number of carbonyl (C=O) groups excluding carboxylic acids is 1. The Hall–Kier alpha value is -2.72. The standard InChI is InChI=1S/C20H18ClNO3/c1-14(15-5-3-2-4-6-15)22-20(23)19-12-11-18(25-19)13-24-17-9-7-16(21)8-10-17/h2-12,14H,13H2,1H3,(H,22,23).